The molecule has 3 N–H and O–H groups in total. The van der Waals surface area contributed by atoms with Crippen LogP contribution >= 0.6 is 0 Å². The normalized spacial score (nSPS) is 11.2. The first-order valence-corrected chi connectivity index (χ1v) is 6.59. The molecule has 7 heteroatoms. The molecule has 0 bridgehead atoms. The van der Waals surface area contributed by atoms with Gasteiger partial charge in [-0.25, -0.2) is 4.79 Å². The number of urea groups is 1. The second-order valence-electron chi connectivity index (χ2n) is 4.28. The topological polar surface area (TPSA) is 88.7 Å². The number of hydrogen-bond donors (Lipinski definition) is 3. The summed E-state index contributed by atoms with van der Waals surface area (Å²) >= 11 is 0. The van der Waals surface area contributed by atoms with Crippen molar-refractivity contribution in [2.24, 2.45) is 0 Å². The Morgan fingerprint density at radius 2 is 1.86 bits per heavy atom. The molecule has 0 saturated carbocycles. The molecule has 0 spiro atoms. The molecular weight excluding hydrogens is 274 g/mol. The summed E-state index contributed by atoms with van der Waals surface area (Å²) in [4.78, 5) is 23.1. The number of methoxy groups -OCH3 is 2. The van der Waals surface area contributed by atoms with Crippen LogP contribution in [0.1, 0.15) is 13.8 Å². The molecule has 0 radical (unpaired) electrons. The van der Waals surface area contributed by atoms with Crippen molar-refractivity contribution in [2.45, 2.75) is 19.9 Å². The van der Waals surface area contributed by atoms with Crippen molar-refractivity contribution >= 4 is 17.6 Å². The minimum absolute atomic E-state index is 0.421. The number of amides is 3. The van der Waals surface area contributed by atoms with E-state index in [4.69, 9.17) is 9.47 Å². The van der Waals surface area contributed by atoms with E-state index in [-0.39, 0.29) is 0 Å². The maximum Gasteiger partial charge on any atom is 0.321 e. The van der Waals surface area contributed by atoms with E-state index in [1.54, 1.807) is 39.2 Å². The maximum absolute atomic E-state index is 11.8. The van der Waals surface area contributed by atoms with E-state index in [9.17, 15) is 9.59 Å². The van der Waals surface area contributed by atoms with Crippen LogP contribution in [0.3, 0.4) is 0 Å². The van der Waals surface area contributed by atoms with Gasteiger partial charge in [0, 0.05) is 18.3 Å². The van der Waals surface area contributed by atoms with Crippen LogP contribution in [0.4, 0.5) is 10.5 Å². The van der Waals surface area contributed by atoms with Gasteiger partial charge in [0.1, 0.15) is 6.04 Å². The largest absolute Gasteiger partial charge is 0.493 e. The minimum Gasteiger partial charge on any atom is -0.493 e. The zero-order valence-corrected chi connectivity index (χ0v) is 12.6. The Balaban J connectivity index is 2.67. The summed E-state index contributed by atoms with van der Waals surface area (Å²) < 4.78 is 10.3. The van der Waals surface area contributed by atoms with E-state index in [1.165, 1.54) is 7.11 Å². The van der Waals surface area contributed by atoms with Crippen molar-refractivity contribution in [3.8, 4) is 11.5 Å². The Labute approximate surface area is 124 Å². The highest BCUT2D eigenvalue weighted by atomic mass is 16.5. The van der Waals surface area contributed by atoms with Crippen molar-refractivity contribution in [3.63, 3.8) is 0 Å². The predicted molar refractivity (Wildman–Crippen MR) is 79.8 cm³/mol. The highest BCUT2D eigenvalue weighted by molar-refractivity contribution is 5.97. The van der Waals surface area contributed by atoms with Crippen LogP contribution in [-0.2, 0) is 4.79 Å². The van der Waals surface area contributed by atoms with E-state index >= 15 is 0 Å². The molecule has 21 heavy (non-hydrogen) atoms. The molecule has 1 aromatic carbocycles. The van der Waals surface area contributed by atoms with Crippen LogP contribution in [0.5, 0.6) is 11.5 Å². The molecule has 0 fully saturated rings. The average molecular weight is 295 g/mol. The summed E-state index contributed by atoms with van der Waals surface area (Å²) in [5, 5.41) is 7.73. The molecule has 1 atom stereocenters. The van der Waals surface area contributed by atoms with E-state index in [0.29, 0.717) is 23.7 Å². The fourth-order valence-electron chi connectivity index (χ4n) is 1.67. The summed E-state index contributed by atoms with van der Waals surface area (Å²) in [5.41, 5.74) is 0.686. The summed E-state index contributed by atoms with van der Waals surface area (Å²) in [6.45, 7) is 3.89. The van der Waals surface area contributed by atoms with E-state index in [0.717, 1.165) is 0 Å². The number of hydrogen-bond acceptors (Lipinski definition) is 5. The molecular formula is C14H21N3O4. The van der Waals surface area contributed by atoms with Gasteiger partial charge in [0.25, 0.3) is 0 Å². The number of rotatable bonds is 6. The van der Waals surface area contributed by atoms with Crippen LogP contribution < -0.4 is 25.4 Å². The van der Waals surface area contributed by atoms with Gasteiger partial charge in [-0.2, -0.15) is 0 Å². The first-order chi connectivity index (χ1) is 10.0. The molecule has 0 aliphatic rings. The number of ether oxygens (including phenoxy) is 2. The van der Waals surface area contributed by atoms with Gasteiger partial charge in [0.2, 0.25) is 5.91 Å². The van der Waals surface area contributed by atoms with Gasteiger partial charge in [0.15, 0.2) is 11.5 Å². The monoisotopic (exact) mass is 295 g/mol. The Bertz CT molecular complexity index is 505. The SMILES string of the molecule is CCNC(=O)NC(=O)C(C)Nc1ccc(OC)c(OC)c1. The van der Waals surface area contributed by atoms with Gasteiger partial charge in [-0.05, 0) is 26.0 Å². The molecule has 1 rings (SSSR count). The lowest BCUT2D eigenvalue weighted by molar-refractivity contribution is -0.120. The molecule has 1 aromatic rings. The van der Waals surface area contributed by atoms with Crippen molar-refractivity contribution < 1.29 is 19.1 Å². The summed E-state index contributed by atoms with van der Waals surface area (Å²) in [5.74, 6) is 0.733. The molecule has 1 unspecified atom stereocenters. The first kappa shape index (κ1) is 16.6. The van der Waals surface area contributed by atoms with Crippen LogP contribution in [0.25, 0.3) is 0 Å². The lowest BCUT2D eigenvalue weighted by atomic mass is 10.2. The van der Waals surface area contributed by atoms with Gasteiger partial charge in [-0.15, -0.1) is 0 Å². The Morgan fingerprint density at radius 3 is 2.43 bits per heavy atom. The number of anilines is 1. The molecule has 7 nitrogen and oxygen atoms in total. The zero-order chi connectivity index (χ0) is 15.8. The van der Waals surface area contributed by atoms with Gasteiger partial charge in [-0.3, -0.25) is 10.1 Å². The lowest BCUT2D eigenvalue weighted by Gasteiger charge is -2.16. The average Bonchev–Trinajstić information content (AvgIpc) is 2.47. The fourth-order valence-corrected chi connectivity index (χ4v) is 1.67. The van der Waals surface area contributed by atoms with Gasteiger partial charge in [0.05, 0.1) is 14.2 Å². The Kier molecular flexibility index (Phi) is 6.32. The lowest BCUT2D eigenvalue weighted by Crippen LogP contribution is -2.45. The molecule has 3 amide bonds. The van der Waals surface area contributed by atoms with E-state index in [2.05, 4.69) is 16.0 Å². The fraction of sp³-hybridized carbons (Fsp3) is 0.429. The maximum atomic E-state index is 11.8. The Hall–Kier alpha value is -2.44. The smallest absolute Gasteiger partial charge is 0.321 e. The van der Waals surface area contributed by atoms with Crippen LogP contribution in [-0.4, -0.2) is 38.7 Å². The predicted octanol–water partition coefficient (Wildman–Crippen LogP) is 1.35. The molecule has 0 saturated heterocycles. The quantitative estimate of drug-likeness (QED) is 0.737. The van der Waals surface area contributed by atoms with Crippen LogP contribution in [0.15, 0.2) is 18.2 Å². The second kappa shape index (κ2) is 7.98. The molecule has 116 valence electrons. The molecule has 0 heterocycles. The van der Waals surface area contributed by atoms with Crippen molar-refractivity contribution in [3.05, 3.63) is 18.2 Å². The minimum atomic E-state index is -0.578. The van der Waals surface area contributed by atoms with Gasteiger partial charge in [-0.1, -0.05) is 0 Å². The standard InChI is InChI=1S/C14H21N3O4/c1-5-15-14(19)17-13(18)9(2)16-10-6-7-11(20-3)12(8-10)21-4/h6-9,16H,5H2,1-4H3,(H2,15,17,18,19). The van der Waals surface area contributed by atoms with Gasteiger partial charge < -0.3 is 20.1 Å². The number of benzene rings is 1. The number of imide groups is 1. The van der Waals surface area contributed by atoms with E-state index in [1.807, 2.05) is 0 Å². The number of carbonyl (C=O) groups excluding carboxylic acids is 2. The Morgan fingerprint density at radius 1 is 1.19 bits per heavy atom. The number of carbonyl (C=O) groups is 2. The van der Waals surface area contributed by atoms with Crippen molar-refractivity contribution in [2.75, 3.05) is 26.1 Å². The first-order valence-electron chi connectivity index (χ1n) is 6.59. The highest BCUT2D eigenvalue weighted by Crippen LogP contribution is 2.29. The van der Waals surface area contributed by atoms with Crippen LogP contribution in [0.2, 0.25) is 0 Å². The van der Waals surface area contributed by atoms with Crippen molar-refractivity contribution in [1.82, 2.24) is 10.6 Å². The molecule has 0 aliphatic carbocycles. The zero-order valence-electron chi connectivity index (χ0n) is 12.6. The highest BCUT2D eigenvalue weighted by Gasteiger charge is 2.16. The molecule has 0 aromatic heterocycles. The van der Waals surface area contributed by atoms with Crippen LogP contribution in [0, 0.1) is 0 Å². The second-order valence-corrected chi connectivity index (χ2v) is 4.28. The van der Waals surface area contributed by atoms with Crippen molar-refractivity contribution in [1.29, 1.82) is 0 Å². The third kappa shape index (κ3) is 4.87. The summed E-state index contributed by atoms with van der Waals surface area (Å²) in [6, 6.07) is 4.12. The summed E-state index contributed by atoms with van der Waals surface area (Å²) in [7, 11) is 3.08. The third-order valence-electron chi connectivity index (χ3n) is 2.73. The van der Waals surface area contributed by atoms with E-state index < -0.39 is 18.0 Å². The third-order valence-corrected chi connectivity index (χ3v) is 2.73. The summed E-state index contributed by atoms with van der Waals surface area (Å²) in [6.07, 6.45) is 0. The number of nitrogens with one attached hydrogen (secondary N) is 3. The van der Waals surface area contributed by atoms with Gasteiger partial charge >= 0.3 is 6.03 Å². The molecule has 0 aliphatic heterocycles.